The van der Waals surface area contributed by atoms with Crippen LogP contribution in [0.15, 0.2) is 60.8 Å². The Hall–Kier alpha value is -2.97. The topological polar surface area (TPSA) is 99.1 Å². The number of nitrogens with zero attached hydrogens (tertiary/aromatic N) is 1. The quantitative estimate of drug-likeness (QED) is 0.0289. The van der Waals surface area contributed by atoms with Gasteiger partial charge >= 0.3 is 17.9 Å². The van der Waals surface area contributed by atoms with Crippen LogP contribution in [-0.4, -0.2) is 80.6 Å². The average molecular weight is 773 g/mol. The molecule has 0 spiro atoms. The van der Waals surface area contributed by atoms with Crippen molar-refractivity contribution >= 4 is 17.9 Å². The molecule has 0 heterocycles. The van der Waals surface area contributed by atoms with E-state index >= 15 is 0 Å². The van der Waals surface area contributed by atoms with E-state index in [-0.39, 0.29) is 42.7 Å². The van der Waals surface area contributed by atoms with Crippen molar-refractivity contribution in [2.24, 2.45) is 0 Å². The van der Waals surface area contributed by atoms with Gasteiger partial charge in [0.25, 0.3) is 0 Å². The summed E-state index contributed by atoms with van der Waals surface area (Å²) in [5.41, 5.74) is 0. The summed E-state index contributed by atoms with van der Waals surface area (Å²) in [6.07, 6.45) is 45.7. The zero-order valence-electron chi connectivity index (χ0n) is 35.9. The number of unbranched alkanes of at least 4 members (excludes halogenated alkanes) is 14. The van der Waals surface area contributed by atoms with Gasteiger partial charge in [0.1, 0.15) is 6.61 Å². The van der Waals surface area contributed by atoms with E-state index in [1.54, 1.807) is 0 Å². The number of carbonyl (C=O) groups is 3. The van der Waals surface area contributed by atoms with Crippen LogP contribution in [0.3, 0.4) is 0 Å². The summed E-state index contributed by atoms with van der Waals surface area (Å²) in [7, 11) is 5.50. The summed E-state index contributed by atoms with van der Waals surface area (Å²) in [5, 5.41) is 9.59. The van der Waals surface area contributed by atoms with Crippen molar-refractivity contribution in [3.8, 4) is 0 Å². The largest absolute Gasteiger partial charge is 0.477 e. The van der Waals surface area contributed by atoms with Gasteiger partial charge in [-0.15, -0.1) is 0 Å². The van der Waals surface area contributed by atoms with E-state index in [0.717, 1.165) is 64.2 Å². The molecule has 0 radical (unpaired) electrons. The Bertz CT molecular complexity index is 1090. The monoisotopic (exact) mass is 773 g/mol. The molecule has 0 aliphatic carbocycles. The second-order valence-electron chi connectivity index (χ2n) is 15.6. The number of quaternary nitrogens is 1. The Kier molecular flexibility index (Phi) is 35.9. The highest BCUT2D eigenvalue weighted by atomic mass is 16.6. The first-order valence-electron chi connectivity index (χ1n) is 21.8. The number of esters is 2. The minimum absolute atomic E-state index is 0.0462. The minimum atomic E-state index is -0.882. The summed E-state index contributed by atoms with van der Waals surface area (Å²) in [5.74, 6) is -1.52. The Morgan fingerprint density at radius 2 is 1.04 bits per heavy atom. The molecule has 2 atom stereocenters. The van der Waals surface area contributed by atoms with E-state index in [9.17, 15) is 19.5 Å². The van der Waals surface area contributed by atoms with Gasteiger partial charge in [0.2, 0.25) is 0 Å². The molecule has 0 aliphatic rings. The van der Waals surface area contributed by atoms with Crippen LogP contribution in [-0.2, 0) is 28.6 Å². The molecule has 8 heteroatoms. The van der Waals surface area contributed by atoms with Crippen molar-refractivity contribution in [1.82, 2.24) is 0 Å². The maximum atomic E-state index is 12.6. The highest BCUT2D eigenvalue weighted by molar-refractivity contribution is 5.72. The molecule has 1 N–H and O–H groups in total. The lowest BCUT2D eigenvalue weighted by Crippen LogP contribution is -2.50. The molecule has 0 fully saturated rings. The Morgan fingerprint density at radius 3 is 1.58 bits per heavy atom. The lowest BCUT2D eigenvalue weighted by atomic mass is 10.1. The number of rotatable bonds is 38. The van der Waals surface area contributed by atoms with Crippen LogP contribution in [0.25, 0.3) is 0 Å². The van der Waals surface area contributed by atoms with Crippen LogP contribution in [0.1, 0.15) is 168 Å². The molecule has 0 saturated carbocycles. The van der Waals surface area contributed by atoms with Crippen LogP contribution in [0, 0.1) is 0 Å². The maximum Gasteiger partial charge on any atom is 0.362 e. The maximum absolute atomic E-state index is 12.6. The number of likely N-dealkylation sites (N-methyl/N-ethyl adjacent to an activating group) is 1. The van der Waals surface area contributed by atoms with Gasteiger partial charge in [-0.05, 0) is 70.6 Å². The molecule has 0 bridgehead atoms. The van der Waals surface area contributed by atoms with Gasteiger partial charge in [-0.3, -0.25) is 9.59 Å². The van der Waals surface area contributed by atoms with Crippen LogP contribution >= 0.6 is 0 Å². The Labute approximate surface area is 337 Å². The molecule has 0 aromatic rings. The molecule has 0 aliphatic heterocycles. The SMILES string of the molecule is CC/C=C/C/C=C/C/C=C/C/C=C/CCCCCCCCCCCC(=O)OCC(COCCC(C(=O)O)[N+](C)(C)C)OC(=O)CCC/C=C/CCCCCC. The fraction of sp³-hybridized carbons (Fsp3) is 0.723. The molecule has 0 amide bonds. The third-order valence-corrected chi connectivity index (χ3v) is 9.40. The highest BCUT2D eigenvalue weighted by Gasteiger charge is 2.31. The number of allylic oxidation sites excluding steroid dienone is 10. The van der Waals surface area contributed by atoms with Crippen LogP contribution in [0.2, 0.25) is 0 Å². The Morgan fingerprint density at radius 1 is 0.564 bits per heavy atom. The molecule has 316 valence electrons. The van der Waals surface area contributed by atoms with Crippen LogP contribution in [0.4, 0.5) is 0 Å². The van der Waals surface area contributed by atoms with E-state index < -0.39 is 18.1 Å². The smallest absolute Gasteiger partial charge is 0.362 e. The number of aliphatic carboxylic acids is 1. The molecule has 8 nitrogen and oxygen atoms in total. The summed E-state index contributed by atoms with van der Waals surface area (Å²) in [6, 6.07) is -0.620. The second-order valence-corrected chi connectivity index (χ2v) is 15.6. The molecule has 0 aromatic heterocycles. The Balaban J connectivity index is 4.24. The van der Waals surface area contributed by atoms with Crippen molar-refractivity contribution in [1.29, 1.82) is 0 Å². The molecule has 0 saturated heterocycles. The van der Waals surface area contributed by atoms with E-state index in [1.807, 2.05) is 21.1 Å². The summed E-state index contributed by atoms with van der Waals surface area (Å²) in [4.78, 5) is 36.8. The molecular formula is C47H82NO7+. The second kappa shape index (κ2) is 37.9. The first kappa shape index (κ1) is 52.0. The van der Waals surface area contributed by atoms with Gasteiger partial charge in [0, 0.05) is 19.3 Å². The number of hydrogen-bond acceptors (Lipinski definition) is 6. The van der Waals surface area contributed by atoms with Gasteiger partial charge < -0.3 is 23.8 Å². The molecular weight excluding hydrogens is 691 g/mol. The van der Waals surface area contributed by atoms with E-state index in [0.29, 0.717) is 19.3 Å². The highest BCUT2D eigenvalue weighted by Crippen LogP contribution is 2.13. The van der Waals surface area contributed by atoms with Gasteiger partial charge in [-0.2, -0.15) is 0 Å². The number of carboxylic acids is 1. The zero-order chi connectivity index (χ0) is 40.7. The average Bonchev–Trinajstić information content (AvgIpc) is 3.14. The summed E-state index contributed by atoms with van der Waals surface area (Å²) in [6.45, 7) is 4.54. The fourth-order valence-corrected chi connectivity index (χ4v) is 6.03. The summed E-state index contributed by atoms with van der Waals surface area (Å²) >= 11 is 0. The predicted molar refractivity (Wildman–Crippen MR) is 229 cm³/mol. The summed E-state index contributed by atoms with van der Waals surface area (Å²) < 4.78 is 17.2. The van der Waals surface area contributed by atoms with E-state index in [2.05, 4.69) is 74.6 Å². The number of ether oxygens (including phenoxy) is 3. The predicted octanol–water partition coefficient (Wildman–Crippen LogP) is 11.8. The van der Waals surface area contributed by atoms with Gasteiger partial charge in [-0.25, -0.2) is 4.79 Å². The van der Waals surface area contributed by atoms with Crippen molar-refractivity contribution in [3.05, 3.63) is 60.8 Å². The molecule has 2 unspecified atom stereocenters. The third-order valence-electron chi connectivity index (χ3n) is 9.40. The van der Waals surface area contributed by atoms with E-state index in [4.69, 9.17) is 14.2 Å². The van der Waals surface area contributed by atoms with E-state index in [1.165, 1.54) is 64.2 Å². The van der Waals surface area contributed by atoms with Crippen LogP contribution < -0.4 is 0 Å². The zero-order valence-corrected chi connectivity index (χ0v) is 35.9. The van der Waals surface area contributed by atoms with Gasteiger partial charge in [-0.1, -0.05) is 139 Å². The normalized spacial score (nSPS) is 13.5. The van der Waals surface area contributed by atoms with Gasteiger partial charge in [0.15, 0.2) is 12.1 Å². The first-order chi connectivity index (χ1) is 26.6. The van der Waals surface area contributed by atoms with Crippen molar-refractivity contribution in [2.45, 2.75) is 180 Å². The number of carbonyl (C=O) groups excluding carboxylic acids is 2. The van der Waals surface area contributed by atoms with Crippen molar-refractivity contribution < 1.29 is 38.2 Å². The third kappa shape index (κ3) is 36.4. The number of hydrogen-bond donors (Lipinski definition) is 1. The minimum Gasteiger partial charge on any atom is -0.477 e. The molecule has 55 heavy (non-hydrogen) atoms. The van der Waals surface area contributed by atoms with Gasteiger partial charge in [0.05, 0.1) is 34.4 Å². The van der Waals surface area contributed by atoms with Crippen molar-refractivity contribution in [3.63, 3.8) is 0 Å². The standard InChI is InChI=1S/C47H81NO7/c1-6-8-10-12-14-16-17-18-19-20-21-22-23-24-25-26-27-28-30-31-33-35-37-45(49)54-42-43(41-53-40-39-44(47(51)52)48(3,4)5)55-46(50)38-36-34-32-29-15-13-11-9-7-2/h8,10,14,16,18-19,21-22,29,32,43-44H,6-7,9,11-13,15,17,20,23-28,30-31,33-42H2,1-5H3/p+1/b10-8+,16-14+,19-18+,22-21+,32-29+. The van der Waals surface area contributed by atoms with Crippen molar-refractivity contribution in [2.75, 3.05) is 41.0 Å². The first-order valence-corrected chi connectivity index (χ1v) is 21.8. The molecule has 0 aromatic carbocycles. The lowest BCUT2D eigenvalue weighted by molar-refractivity contribution is -0.887. The van der Waals surface area contributed by atoms with Crippen LogP contribution in [0.5, 0.6) is 0 Å². The lowest BCUT2D eigenvalue weighted by Gasteiger charge is -2.31. The molecule has 0 rings (SSSR count). The fourth-order valence-electron chi connectivity index (χ4n) is 6.03. The number of carboxylic acid groups (broad SMARTS) is 1.